The standard InChI is InChI=1S/C23H25N5O4S/c1-31-18-7-5-14(10-19(18)32-2)23-27-17(13-33-23)22(30)26-16-6-8-20(25-11-16)28-9-3-4-15(12-28)21(24)29/h5-8,10-11,13,15H,3-4,9,12H2,1-2H3,(H2,24,29)(H,26,30). The smallest absolute Gasteiger partial charge is 0.275 e. The molecule has 3 heterocycles. The lowest BCUT2D eigenvalue weighted by molar-refractivity contribution is -0.122. The first-order valence-corrected chi connectivity index (χ1v) is 11.4. The Balaban J connectivity index is 1.42. The summed E-state index contributed by atoms with van der Waals surface area (Å²) < 4.78 is 10.6. The number of rotatable bonds is 7. The highest BCUT2D eigenvalue weighted by Crippen LogP contribution is 2.33. The van der Waals surface area contributed by atoms with E-state index in [0.29, 0.717) is 34.4 Å². The van der Waals surface area contributed by atoms with Gasteiger partial charge in [-0.1, -0.05) is 0 Å². The lowest BCUT2D eigenvalue weighted by Crippen LogP contribution is -2.41. The Morgan fingerprint density at radius 1 is 1.18 bits per heavy atom. The number of thiazole rings is 1. The van der Waals surface area contributed by atoms with Crippen LogP contribution in [0.25, 0.3) is 10.6 Å². The Labute approximate surface area is 195 Å². The van der Waals surface area contributed by atoms with Crippen molar-refractivity contribution in [3.63, 3.8) is 0 Å². The first kappa shape index (κ1) is 22.5. The summed E-state index contributed by atoms with van der Waals surface area (Å²) in [6.45, 7) is 1.38. The first-order chi connectivity index (χ1) is 16.0. The van der Waals surface area contributed by atoms with Gasteiger partial charge in [-0.25, -0.2) is 9.97 Å². The molecule has 3 aromatic rings. The van der Waals surface area contributed by atoms with Gasteiger partial charge in [0.2, 0.25) is 5.91 Å². The van der Waals surface area contributed by atoms with Gasteiger partial charge in [-0.05, 0) is 43.2 Å². The molecule has 2 aromatic heterocycles. The average molecular weight is 468 g/mol. The maximum absolute atomic E-state index is 12.7. The Morgan fingerprint density at radius 3 is 2.70 bits per heavy atom. The highest BCUT2D eigenvalue weighted by molar-refractivity contribution is 7.13. The molecule has 0 bridgehead atoms. The van der Waals surface area contributed by atoms with E-state index in [4.69, 9.17) is 15.2 Å². The number of piperidine rings is 1. The molecule has 1 aliphatic rings. The van der Waals surface area contributed by atoms with E-state index < -0.39 is 0 Å². The van der Waals surface area contributed by atoms with Crippen LogP contribution >= 0.6 is 11.3 Å². The molecule has 0 saturated carbocycles. The number of anilines is 2. The quantitative estimate of drug-likeness (QED) is 0.548. The lowest BCUT2D eigenvalue weighted by atomic mass is 9.97. The average Bonchev–Trinajstić information content (AvgIpc) is 3.35. The number of methoxy groups -OCH3 is 2. The third-order valence-electron chi connectivity index (χ3n) is 5.52. The number of hydrogen-bond donors (Lipinski definition) is 2. The molecular weight excluding hydrogens is 442 g/mol. The van der Waals surface area contributed by atoms with Gasteiger partial charge < -0.3 is 25.4 Å². The summed E-state index contributed by atoms with van der Waals surface area (Å²) in [6.07, 6.45) is 3.29. The maximum atomic E-state index is 12.7. The lowest BCUT2D eigenvalue weighted by Gasteiger charge is -2.32. The van der Waals surface area contributed by atoms with Gasteiger partial charge >= 0.3 is 0 Å². The van der Waals surface area contributed by atoms with Crippen LogP contribution in [0.3, 0.4) is 0 Å². The zero-order valence-electron chi connectivity index (χ0n) is 18.4. The molecule has 172 valence electrons. The van der Waals surface area contributed by atoms with Crippen LogP contribution in [0.4, 0.5) is 11.5 Å². The number of carbonyl (C=O) groups excluding carboxylic acids is 2. The highest BCUT2D eigenvalue weighted by Gasteiger charge is 2.24. The topological polar surface area (TPSA) is 120 Å². The summed E-state index contributed by atoms with van der Waals surface area (Å²) in [5, 5.41) is 5.23. The molecule has 33 heavy (non-hydrogen) atoms. The van der Waals surface area contributed by atoms with Crippen molar-refractivity contribution < 1.29 is 19.1 Å². The minimum atomic E-state index is -0.320. The number of pyridine rings is 1. The SMILES string of the molecule is COc1ccc(-c2nc(C(=O)Nc3ccc(N4CCCC(C(N)=O)C4)nc3)cs2)cc1OC. The number of hydrogen-bond acceptors (Lipinski definition) is 8. The number of carbonyl (C=O) groups is 2. The van der Waals surface area contributed by atoms with Gasteiger partial charge in [-0.2, -0.15) is 0 Å². The van der Waals surface area contributed by atoms with Gasteiger partial charge in [0.25, 0.3) is 5.91 Å². The molecule has 3 N–H and O–H groups in total. The molecule has 1 aliphatic heterocycles. The summed E-state index contributed by atoms with van der Waals surface area (Å²) >= 11 is 1.37. The van der Waals surface area contributed by atoms with Gasteiger partial charge in [-0.15, -0.1) is 11.3 Å². The van der Waals surface area contributed by atoms with E-state index in [2.05, 4.69) is 15.3 Å². The van der Waals surface area contributed by atoms with E-state index in [0.717, 1.165) is 30.8 Å². The van der Waals surface area contributed by atoms with Crippen molar-refractivity contribution >= 4 is 34.7 Å². The van der Waals surface area contributed by atoms with Gasteiger partial charge in [0.05, 0.1) is 32.0 Å². The molecular formula is C23H25N5O4S. The second-order valence-electron chi connectivity index (χ2n) is 7.65. The minimum Gasteiger partial charge on any atom is -0.493 e. The van der Waals surface area contributed by atoms with Crippen LogP contribution in [0.1, 0.15) is 23.3 Å². The largest absolute Gasteiger partial charge is 0.493 e. The number of amides is 2. The second-order valence-corrected chi connectivity index (χ2v) is 8.51. The van der Waals surface area contributed by atoms with Gasteiger partial charge in [0, 0.05) is 24.0 Å². The third kappa shape index (κ3) is 5.06. The monoisotopic (exact) mass is 467 g/mol. The molecule has 1 unspecified atom stereocenters. The second kappa shape index (κ2) is 9.86. The number of aromatic nitrogens is 2. The van der Waals surface area contributed by atoms with E-state index in [1.165, 1.54) is 11.3 Å². The van der Waals surface area contributed by atoms with E-state index in [1.807, 2.05) is 23.1 Å². The number of ether oxygens (including phenoxy) is 2. The highest BCUT2D eigenvalue weighted by atomic mass is 32.1. The Kier molecular flexibility index (Phi) is 6.74. The number of benzene rings is 1. The number of nitrogens with one attached hydrogen (secondary N) is 1. The fourth-order valence-corrected chi connectivity index (χ4v) is 4.54. The van der Waals surface area contributed by atoms with E-state index in [9.17, 15) is 9.59 Å². The Bertz CT molecular complexity index is 1150. The fraction of sp³-hybridized carbons (Fsp3) is 0.304. The van der Waals surface area contributed by atoms with E-state index >= 15 is 0 Å². The molecule has 0 aliphatic carbocycles. The number of nitrogens with two attached hydrogens (primary N) is 1. The van der Waals surface area contributed by atoms with Gasteiger partial charge in [-0.3, -0.25) is 9.59 Å². The molecule has 4 rings (SSSR count). The number of primary amides is 1. The molecule has 9 nitrogen and oxygen atoms in total. The molecule has 10 heteroatoms. The minimum absolute atomic E-state index is 0.163. The van der Waals surface area contributed by atoms with E-state index in [-0.39, 0.29) is 17.7 Å². The zero-order valence-corrected chi connectivity index (χ0v) is 19.2. The van der Waals surface area contributed by atoms with Gasteiger partial charge in [0.1, 0.15) is 16.5 Å². The molecule has 1 saturated heterocycles. The predicted molar refractivity (Wildman–Crippen MR) is 127 cm³/mol. The summed E-state index contributed by atoms with van der Waals surface area (Å²) in [7, 11) is 3.15. The van der Waals surface area contributed by atoms with Crippen LogP contribution in [0, 0.1) is 5.92 Å². The van der Waals surface area contributed by atoms with Crippen LogP contribution in [0.5, 0.6) is 11.5 Å². The molecule has 2 amide bonds. The van der Waals surface area contributed by atoms with Crippen molar-refractivity contribution in [2.75, 3.05) is 37.5 Å². The van der Waals surface area contributed by atoms with Crippen LogP contribution < -0.4 is 25.4 Å². The van der Waals surface area contributed by atoms with Crippen LogP contribution in [-0.2, 0) is 4.79 Å². The predicted octanol–water partition coefficient (Wildman–Crippen LogP) is 3.18. The third-order valence-corrected chi connectivity index (χ3v) is 6.41. The fourth-order valence-electron chi connectivity index (χ4n) is 3.74. The Morgan fingerprint density at radius 2 is 2.00 bits per heavy atom. The van der Waals surface area contributed by atoms with Crippen molar-refractivity contribution in [2.45, 2.75) is 12.8 Å². The normalized spacial score (nSPS) is 15.7. The van der Waals surface area contributed by atoms with Gasteiger partial charge in [0.15, 0.2) is 11.5 Å². The van der Waals surface area contributed by atoms with Crippen molar-refractivity contribution in [3.8, 4) is 22.1 Å². The molecule has 0 spiro atoms. The van der Waals surface area contributed by atoms with E-state index in [1.54, 1.807) is 37.9 Å². The van der Waals surface area contributed by atoms with Crippen LogP contribution in [0.2, 0.25) is 0 Å². The molecule has 1 atom stereocenters. The number of nitrogens with zero attached hydrogens (tertiary/aromatic N) is 3. The first-order valence-electron chi connectivity index (χ1n) is 10.5. The summed E-state index contributed by atoms with van der Waals surface area (Å²) in [5.74, 6) is 1.21. The molecule has 0 radical (unpaired) electrons. The molecule has 1 fully saturated rings. The zero-order chi connectivity index (χ0) is 23.4. The van der Waals surface area contributed by atoms with Crippen molar-refractivity contribution in [1.82, 2.24) is 9.97 Å². The maximum Gasteiger partial charge on any atom is 0.275 e. The van der Waals surface area contributed by atoms with Crippen LogP contribution in [0.15, 0.2) is 41.9 Å². The Hall–Kier alpha value is -3.66. The van der Waals surface area contributed by atoms with Crippen molar-refractivity contribution in [2.24, 2.45) is 11.7 Å². The summed E-state index contributed by atoms with van der Waals surface area (Å²) in [4.78, 5) is 35.1. The van der Waals surface area contributed by atoms with Crippen molar-refractivity contribution in [3.05, 3.63) is 47.6 Å². The van der Waals surface area contributed by atoms with Crippen LogP contribution in [-0.4, -0.2) is 49.1 Å². The van der Waals surface area contributed by atoms with Crippen molar-refractivity contribution in [1.29, 1.82) is 0 Å². The molecule has 1 aromatic carbocycles. The summed E-state index contributed by atoms with van der Waals surface area (Å²) in [5.41, 5.74) is 7.17. The summed E-state index contributed by atoms with van der Waals surface area (Å²) in [6, 6.07) is 9.11.